The molecule has 2 fully saturated rings. The van der Waals surface area contributed by atoms with E-state index in [1.807, 2.05) is 51.7 Å². The van der Waals surface area contributed by atoms with Crippen molar-refractivity contribution in [3.05, 3.63) is 45.9 Å². The van der Waals surface area contributed by atoms with Crippen molar-refractivity contribution in [1.82, 2.24) is 15.2 Å². The third-order valence-electron chi connectivity index (χ3n) is 7.84. The molecule has 2 heterocycles. The van der Waals surface area contributed by atoms with Gasteiger partial charge in [-0.2, -0.15) is 0 Å². The molecule has 1 aliphatic heterocycles. The molecule has 1 aliphatic carbocycles. The lowest BCUT2D eigenvalue weighted by Crippen LogP contribution is -2.53. The molecular weight excluding hydrogens is 510 g/mol. The summed E-state index contributed by atoms with van der Waals surface area (Å²) in [6.07, 6.45) is 7.72. The van der Waals surface area contributed by atoms with E-state index in [9.17, 15) is 14.4 Å². The molecule has 0 spiro atoms. The molecule has 3 atom stereocenters. The lowest BCUT2D eigenvalue weighted by molar-refractivity contribution is -0.140. The number of thiazole rings is 1. The first-order valence-electron chi connectivity index (χ1n) is 14.5. The first-order valence-corrected chi connectivity index (χ1v) is 15.4. The Morgan fingerprint density at radius 1 is 1.13 bits per heavy atom. The third-order valence-corrected chi connectivity index (χ3v) is 8.79. The lowest BCUT2D eigenvalue weighted by atomic mass is 9.83. The summed E-state index contributed by atoms with van der Waals surface area (Å²) >= 11 is 1.43. The molecule has 4 rings (SSSR count). The predicted octanol–water partition coefficient (Wildman–Crippen LogP) is 6.33. The van der Waals surface area contributed by atoms with Crippen LogP contribution < -0.4 is 10.1 Å². The molecule has 0 unspecified atom stereocenters. The smallest absolute Gasteiger partial charge is 0.246 e. The Kier molecular flexibility index (Phi) is 9.47. The summed E-state index contributed by atoms with van der Waals surface area (Å²) in [6, 6.07) is 6.52. The van der Waals surface area contributed by atoms with Crippen LogP contribution in [0.25, 0.3) is 0 Å². The van der Waals surface area contributed by atoms with E-state index < -0.39 is 6.04 Å². The molecule has 8 heteroatoms. The number of rotatable bonds is 9. The zero-order chi connectivity index (χ0) is 28.2. The van der Waals surface area contributed by atoms with Gasteiger partial charge >= 0.3 is 0 Å². The number of amides is 2. The lowest BCUT2D eigenvalue weighted by Gasteiger charge is -2.35. The van der Waals surface area contributed by atoms with Gasteiger partial charge in [0.15, 0.2) is 0 Å². The van der Waals surface area contributed by atoms with Crippen molar-refractivity contribution in [2.45, 2.75) is 104 Å². The van der Waals surface area contributed by atoms with Crippen molar-refractivity contribution in [2.75, 3.05) is 6.54 Å². The van der Waals surface area contributed by atoms with Crippen molar-refractivity contribution in [2.24, 2.45) is 11.8 Å². The summed E-state index contributed by atoms with van der Waals surface area (Å²) in [4.78, 5) is 46.8. The van der Waals surface area contributed by atoms with Gasteiger partial charge in [0.25, 0.3) is 0 Å². The summed E-state index contributed by atoms with van der Waals surface area (Å²) in [5.74, 6) is 0.473. The largest absolute Gasteiger partial charge is 0.488 e. The highest BCUT2D eigenvalue weighted by Crippen LogP contribution is 2.37. The molecule has 212 valence electrons. The van der Waals surface area contributed by atoms with Crippen molar-refractivity contribution in [3.8, 4) is 5.75 Å². The average Bonchev–Trinajstić information content (AvgIpc) is 3.60. The minimum Gasteiger partial charge on any atom is -0.488 e. The highest BCUT2D eigenvalue weighted by Gasteiger charge is 2.40. The molecule has 2 amide bonds. The number of nitrogens with one attached hydrogen (secondary N) is 1. The summed E-state index contributed by atoms with van der Waals surface area (Å²) in [6.45, 7) is 10.5. The zero-order valence-electron chi connectivity index (χ0n) is 24.0. The van der Waals surface area contributed by atoms with Crippen LogP contribution >= 0.6 is 11.3 Å². The van der Waals surface area contributed by atoms with E-state index in [-0.39, 0.29) is 41.1 Å². The van der Waals surface area contributed by atoms with E-state index in [1.54, 1.807) is 17.5 Å². The van der Waals surface area contributed by atoms with E-state index >= 15 is 0 Å². The van der Waals surface area contributed by atoms with E-state index in [1.165, 1.54) is 17.8 Å². The second-order valence-corrected chi connectivity index (χ2v) is 12.9. The maximum atomic E-state index is 14.0. The fraction of sp³-hybridized carbons (Fsp3) is 0.613. The van der Waals surface area contributed by atoms with Crippen LogP contribution in [0.3, 0.4) is 0 Å². The van der Waals surface area contributed by atoms with Crippen molar-refractivity contribution >= 4 is 28.9 Å². The number of carbonyl (C=O) groups excluding carboxylic acids is 3. The van der Waals surface area contributed by atoms with Crippen LogP contribution in [0.5, 0.6) is 5.75 Å². The van der Waals surface area contributed by atoms with Gasteiger partial charge < -0.3 is 15.0 Å². The van der Waals surface area contributed by atoms with Crippen molar-refractivity contribution in [3.63, 3.8) is 0 Å². The minimum absolute atomic E-state index is 0.00356. The number of hydrogen-bond donors (Lipinski definition) is 1. The molecule has 1 saturated heterocycles. The standard InChI is InChI=1S/C31H43N3O4S/c1-6-20(2)28(36)33-26(21-12-8-7-9-13-21)30(37)34-17-11-16-25(34)29-32-24(19-39-29)27(35)22-14-10-15-23(18-22)38-31(3,4)5/h10,14-15,18-21,25-26H,6-9,11-13,16-17H2,1-5H3,(H,33,36)/t20-,25+,26+/m1/s1. The average molecular weight is 554 g/mol. The summed E-state index contributed by atoms with van der Waals surface area (Å²) < 4.78 is 5.93. The van der Waals surface area contributed by atoms with Crippen LogP contribution in [0.2, 0.25) is 0 Å². The molecule has 0 radical (unpaired) electrons. The molecule has 2 aliphatic rings. The highest BCUT2D eigenvalue weighted by atomic mass is 32.1. The molecule has 2 aromatic rings. The molecule has 39 heavy (non-hydrogen) atoms. The topological polar surface area (TPSA) is 88.6 Å². The molecule has 1 aromatic carbocycles. The van der Waals surface area contributed by atoms with Crippen molar-refractivity contribution < 1.29 is 19.1 Å². The Morgan fingerprint density at radius 3 is 2.56 bits per heavy atom. The van der Waals surface area contributed by atoms with Gasteiger partial charge in [0.1, 0.15) is 28.1 Å². The Hall–Kier alpha value is -2.74. The summed E-state index contributed by atoms with van der Waals surface area (Å²) in [5.41, 5.74) is 0.548. The van der Waals surface area contributed by atoms with Gasteiger partial charge in [-0.25, -0.2) is 4.98 Å². The van der Waals surface area contributed by atoms with Gasteiger partial charge in [0, 0.05) is 23.4 Å². The number of nitrogens with zero attached hydrogens (tertiary/aromatic N) is 2. The maximum Gasteiger partial charge on any atom is 0.246 e. The van der Waals surface area contributed by atoms with Gasteiger partial charge in [0.05, 0.1) is 6.04 Å². The number of ketones is 1. The van der Waals surface area contributed by atoms with E-state index in [0.717, 1.165) is 50.0 Å². The second kappa shape index (κ2) is 12.6. The van der Waals surface area contributed by atoms with Crippen LogP contribution in [0.15, 0.2) is 29.6 Å². The summed E-state index contributed by atoms with van der Waals surface area (Å²) in [5, 5.41) is 5.71. The molecule has 1 N–H and O–H groups in total. The Balaban J connectivity index is 1.52. The highest BCUT2D eigenvalue weighted by molar-refractivity contribution is 7.10. The fourth-order valence-corrected chi connectivity index (χ4v) is 6.49. The SMILES string of the molecule is CC[C@@H](C)C(=O)N[C@H](C(=O)N1CCC[C@H]1c1nc(C(=O)c2cccc(OC(C)(C)C)c2)cs1)C1CCCCC1. The van der Waals surface area contributed by atoms with Gasteiger partial charge in [-0.3, -0.25) is 14.4 Å². The number of carbonyl (C=O) groups is 3. The Morgan fingerprint density at radius 2 is 1.87 bits per heavy atom. The van der Waals surface area contributed by atoms with E-state index in [2.05, 4.69) is 5.32 Å². The molecule has 1 aromatic heterocycles. The second-order valence-electron chi connectivity index (χ2n) is 12.0. The molecule has 1 saturated carbocycles. The number of hydrogen-bond acceptors (Lipinski definition) is 6. The van der Waals surface area contributed by atoms with Gasteiger partial charge in [-0.05, 0) is 70.9 Å². The number of benzene rings is 1. The van der Waals surface area contributed by atoms with Crippen LogP contribution in [-0.2, 0) is 9.59 Å². The van der Waals surface area contributed by atoms with Crippen LogP contribution in [0, 0.1) is 11.8 Å². The Labute approximate surface area is 236 Å². The number of likely N-dealkylation sites (tertiary alicyclic amines) is 1. The Bertz CT molecular complexity index is 1160. The minimum atomic E-state index is -0.501. The molecular formula is C31H43N3O4S. The maximum absolute atomic E-state index is 14.0. The van der Waals surface area contributed by atoms with Gasteiger partial charge in [-0.1, -0.05) is 45.2 Å². The molecule has 7 nitrogen and oxygen atoms in total. The van der Waals surface area contributed by atoms with E-state index in [0.29, 0.717) is 23.6 Å². The fourth-order valence-electron chi connectivity index (χ4n) is 5.54. The van der Waals surface area contributed by atoms with E-state index in [4.69, 9.17) is 9.72 Å². The van der Waals surface area contributed by atoms with Crippen LogP contribution in [-0.4, -0.2) is 45.7 Å². The zero-order valence-corrected chi connectivity index (χ0v) is 24.8. The van der Waals surface area contributed by atoms with Gasteiger partial charge in [-0.15, -0.1) is 11.3 Å². The third kappa shape index (κ3) is 7.27. The van der Waals surface area contributed by atoms with Crippen molar-refractivity contribution in [1.29, 1.82) is 0 Å². The molecule has 0 bridgehead atoms. The first-order chi connectivity index (χ1) is 18.6. The number of ether oxygens (including phenoxy) is 1. The predicted molar refractivity (Wildman–Crippen MR) is 154 cm³/mol. The monoisotopic (exact) mass is 553 g/mol. The van der Waals surface area contributed by atoms with Crippen LogP contribution in [0.1, 0.15) is 113 Å². The number of aromatic nitrogens is 1. The quantitative estimate of drug-likeness (QED) is 0.367. The summed E-state index contributed by atoms with van der Waals surface area (Å²) in [7, 11) is 0. The first kappa shape index (κ1) is 29.2. The normalized spacial score (nSPS) is 19.9. The van der Waals surface area contributed by atoms with Gasteiger partial charge in [0.2, 0.25) is 17.6 Å². The van der Waals surface area contributed by atoms with Crippen LogP contribution in [0.4, 0.5) is 0 Å².